The second-order valence-electron chi connectivity index (χ2n) is 6.82. The van der Waals surface area contributed by atoms with Crippen molar-refractivity contribution in [3.8, 4) is 5.75 Å². The van der Waals surface area contributed by atoms with Crippen LogP contribution in [-0.4, -0.2) is 43.9 Å². The molecule has 0 bridgehead atoms. The Hall–Kier alpha value is -1.02. The van der Waals surface area contributed by atoms with E-state index in [0.29, 0.717) is 25.0 Å². The summed E-state index contributed by atoms with van der Waals surface area (Å²) in [5.74, 6) is 2.73. The number of aliphatic hydroxyl groups is 1. The highest BCUT2D eigenvalue weighted by Gasteiger charge is 2.10. The van der Waals surface area contributed by atoms with Crippen molar-refractivity contribution in [2.75, 3.05) is 32.8 Å². The second-order valence-corrected chi connectivity index (χ2v) is 6.82. The molecule has 3 N–H and O–H groups in total. The molecule has 0 heterocycles. The molecule has 0 radical (unpaired) electrons. The molecule has 0 aliphatic rings. The predicted octanol–water partition coefficient (Wildman–Crippen LogP) is 3.59. The number of rotatable bonds is 11. The molecule has 6 heteroatoms. The quantitative estimate of drug-likeness (QED) is 0.197. The van der Waals surface area contributed by atoms with Gasteiger partial charge in [0.05, 0.1) is 6.54 Å². The van der Waals surface area contributed by atoms with Crippen LogP contribution >= 0.6 is 24.0 Å². The van der Waals surface area contributed by atoms with Gasteiger partial charge >= 0.3 is 0 Å². The maximum Gasteiger partial charge on any atom is 0.191 e. The number of ether oxygens (including phenoxy) is 1. The lowest BCUT2D eigenvalue weighted by Gasteiger charge is -2.17. The minimum absolute atomic E-state index is 0. The van der Waals surface area contributed by atoms with Gasteiger partial charge in [-0.05, 0) is 50.7 Å². The number of benzene rings is 1. The zero-order valence-electron chi connectivity index (χ0n) is 16.6. The van der Waals surface area contributed by atoms with Crippen LogP contribution in [0.3, 0.4) is 0 Å². The number of aliphatic hydroxyl groups excluding tert-OH is 1. The van der Waals surface area contributed by atoms with E-state index in [1.54, 1.807) is 0 Å². The zero-order valence-corrected chi connectivity index (χ0v) is 19.0. The Morgan fingerprint density at radius 2 is 1.88 bits per heavy atom. The van der Waals surface area contributed by atoms with Crippen molar-refractivity contribution in [1.29, 1.82) is 0 Å². The molecule has 1 aromatic carbocycles. The molecule has 0 spiro atoms. The number of aliphatic imine (C=N–C) groups is 1. The third kappa shape index (κ3) is 11.6. The highest BCUT2D eigenvalue weighted by atomic mass is 127. The van der Waals surface area contributed by atoms with Crippen LogP contribution in [0, 0.1) is 18.8 Å². The molecule has 0 aliphatic heterocycles. The van der Waals surface area contributed by atoms with Gasteiger partial charge in [-0.1, -0.05) is 31.5 Å². The SMILES string of the molecule is CCNC(=NCC(CCO)CC(C)C)NCCOc1ccc(C)cc1.I. The van der Waals surface area contributed by atoms with Crippen LogP contribution in [0.25, 0.3) is 0 Å². The van der Waals surface area contributed by atoms with Gasteiger partial charge < -0.3 is 20.5 Å². The first kappa shape index (κ1) is 25.0. The lowest BCUT2D eigenvalue weighted by Crippen LogP contribution is -2.39. The molecular formula is C20H36IN3O2. The summed E-state index contributed by atoms with van der Waals surface area (Å²) in [6.45, 7) is 11.6. The van der Waals surface area contributed by atoms with E-state index < -0.39 is 0 Å². The molecule has 0 fully saturated rings. The van der Waals surface area contributed by atoms with Crippen LogP contribution in [0.2, 0.25) is 0 Å². The summed E-state index contributed by atoms with van der Waals surface area (Å²) in [7, 11) is 0. The minimum Gasteiger partial charge on any atom is -0.492 e. The molecular weight excluding hydrogens is 441 g/mol. The van der Waals surface area contributed by atoms with Crippen LogP contribution < -0.4 is 15.4 Å². The first-order chi connectivity index (χ1) is 12.0. The molecule has 0 saturated carbocycles. The van der Waals surface area contributed by atoms with E-state index in [0.717, 1.165) is 37.6 Å². The fourth-order valence-corrected chi connectivity index (χ4v) is 2.67. The molecule has 26 heavy (non-hydrogen) atoms. The van der Waals surface area contributed by atoms with Gasteiger partial charge in [0.1, 0.15) is 12.4 Å². The van der Waals surface area contributed by atoms with Crippen molar-refractivity contribution >= 4 is 29.9 Å². The number of guanidine groups is 1. The van der Waals surface area contributed by atoms with E-state index in [9.17, 15) is 5.11 Å². The summed E-state index contributed by atoms with van der Waals surface area (Å²) in [5, 5.41) is 15.8. The number of aryl methyl sites for hydroxylation is 1. The van der Waals surface area contributed by atoms with Gasteiger partial charge in [-0.2, -0.15) is 0 Å². The van der Waals surface area contributed by atoms with Crippen molar-refractivity contribution in [2.45, 2.75) is 40.5 Å². The van der Waals surface area contributed by atoms with Gasteiger partial charge in [0.2, 0.25) is 0 Å². The fourth-order valence-electron chi connectivity index (χ4n) is 2.67. The van der Waals surface area contributed by atoms with Crippen LogP contribution in [0.5, 0.6) is 5.75 Å². The zero-order chi connectivity index (χ0) is 18.5. The van der Waals surface area contributed by atoms with Crippen molar-refractivity contribution in [1.82, 2.24) is 10.6 Å². The van der Waals surface area contributed by atoms with Crippen LogP contribution in [-0.2, 0) is 0 Å². The first-order valence-corrected chi connectivity index (χ1v) is 9.37. The molecule has 1 rings (SSSR count). The Balaban J connectivity index is 0.00000625. The van der Waals surface area contributed by atoms with E-state index >= 15 is 0 Å². The van der Waals surface area contributed by atoms with Gasteiger partial charge in [-0.3, -0.25) is 4.99 Å². The predicted molar refractivity (Wildman–Crippen MR) is 121 cm³/mol. The molecule has 0 amide bonds. The lowest BCUT2D eigenvalue weighted by atomic mass is 9.94. The van der Waals surface area contributed by atoms with Crippen LogP contribution in [0.4, 0.5) is 0 Å². The van der Waals surface area contributed by atoms with E-state index in [-0.39, 0.29) is 30.6 Å². The molecule has 1 aromatic rings. The summed E-state index contributed by atoms with van der Waals surface area (Å²) < 4.78 is 5.73. The third-order valence-electron chi connectivity index (χ3n) is 3.88. The second kappa shape index (κ2) is 15.1. The van der Waals surface area contributed by atoms with Gasteiger partial charge in [0, 0.05) is 19.7 Å². The molecule has 150 valence electrons. The van der Waals surface area contributed by atoms with Crippen LogP contribution in [0.15, 0.2) is 29.3 Å². The Labute approximate surface area is 176 Å². The molecule has 0 aliphatic carbocycles. The van der Waals surface area contributed by atoms with Crippen LogP contribution in [0.1, 0.15) is 39.2 Å². The van der Waals surface area contributed by atoms with E-state index in [1.807, 2.05) is 24.3 Å². The highest BCUT2D eigenvalue weighted by molar-refractivity contribution is 14.0. The Morgan fingerprint density at radius 3 is 2.46 bits per heavy atom. The van der Waals surface area contributed by atoms with E-state index in [2.05, 4.69) is 43.3 Å². The molecule has 0 aromatic heterocycles. The summed E-state index contributed by atoms with van der Waals surface area (Å²) in [5.41, 5.74) is 1.23. The van der Waals surface area contributed by atoms with E-state index in [1.165, 1.54) is 5.56 Å². The number of hydrogen-bond acceptors (Lipinski definition) is 3. The topological polar surface area (TPSA) is 65.9 Å². The molecule has 5 nitrogen and oxygen atoms in total. The van der Waals surface area contributed by atoms with E-state index in [4.69, 9.17) is 4.74 Å². The molecule has 0 saturated heterocycles. The maximum atomic E-state index is 9.22. The monoisotopic (exact) mass is 477 g/mol. The maximum absolute atomic E-state index is 9.22. The molecule has 1 unspecified atom stereocenters. The Kier molecular flexibility index (Phi) is 14.5. The summed E-state index contributed by atoms with van der Waals surface area (Å²) in [4.78, 5) is 4.67. The average Bonchev–Trinajstić information content (AvgIpc) is 2.57. The number of nitrogens with zero attached hydrogens (tertiary/aromatic N) is 1. The van der Waals surface area contributed by atoms with Gasteiger partial charge in [-0.25, -0.2) is 0 Å². The van der Waals surface area contributed by atoms with Gasteiger partial charge in [0.25, 0.3) is 0 Å². The Morgan fingerprint density at radius 1 is 1.19 bits per heavy atom. The summed E-state index contributed by atoms with van der Waals surface area (Å²) >= 11 is 0. The summed E-state index contributed by atoms with van der Waals surface area (Å²) in [6, 6.07) is 8.06. The average molecular weight is 477 g/mol. The number of halogens is 1. The normalized spacial score (nSPS) is 12.5. The number of hydrogen-bond donors (Lipinski definition) is 3. The fraction of sp³-hybridized carbons (Fsp3) is 0.650. The third-order valence-corrected chi connectivity index (χ3v) is 3.88. The number of nitrogens with one attached hydrogen (secondary N) is 2. The first-order valence-electron chi connectivity index (χ1n) is 9.37. The van der Waals surface area contributed by atoms with Gasteiger partial charge in [0.15, 0.2) is 5.96 Å². The van der Waals surface area contributed by atoms with Crippen molar-refractivity contribution < 1.29 is 9.84 Å². The van der Waals surface area contributed by atoms with Gasteiger partial charge in [-0.15, -0.1) is 24.0 Å². The standard InChI is InChI=1S/C20H35N3O2.HI/c1-5-21-20(23-15-18(10-12-24)14-16(2)3)22-11-13-25-19-8-6-17(4)7-9-19;/h6-9,16,18,24H,5,10-15H2,1-4H3,(H2,21,22,23);1H. The molecule has 1 atom stereocenters. The summed E-state index contributed by atoms with van der Waals surface area (Å²) in [6.07, 6.45) is 1.89. The largest absolute Gasteiger partial charge is 0.492 e. The minimum atomic E-state index is 0. The smallest absolute Gasteiger partial charge is 0.191 e. The Bertz CT molecular complexity index is 492. The van der Waals surface area contributed by atoms with Crippen molar-refractivity contribution in [3.63, 3.8) is 0 Å². The van der Waals surface area contributed by atoms with Crippen molar-refractivity contribution in [2.24, 2.45) is 16.8 Å². The highest BCUT2D eigenvalue weighted by Crippen LogP contribution is 2.15. The lowest BCUT2D eigenvalue weighted by molar-refractivity contribution is 0.245. The van der Waals surface area contributed by atoms with Crippen molar-refractivity contribution in [3.05, 3.63) is 29.8 Å².